The molecule has 122 valence electrons. The number of aryl methyl sites for hydroxylation is 1. The lowest BCUT2D eigenvalue weighted by atomic mass is 10.1. The van der Waals surface area contributed by atoms with E-state index in [1.807, 2.05) is 34.0 Å². The Bertz CT molecular complexity index is 735. The van der Waals surface area contributed by atoms with Crippen LogP contribution < -0.4 is 5.32 Å². The number of nitrogens with zero attached hydrogens (tertiary/aromatic N) is 3. The summed E-state index contributed by atoms with van der Waals surface area (Å²) in [5, 5.41) is 8.46. The molecule has 0 bridgehead atoms. The second kappa shape index (κ2) is 5.53. The zero-order valence-electron chi connectivity index (χ0n) is 13.4. The Morgan fingerprint density at radius 2 is 2.30 bits per heavy atom. The fraction of sp³-hybridized carbons (Fsp3) is 0.529. The Morgan fingerprint density at radius 3 is 3.09 bits per heavy atom. The SMILES string of the molecule is CCn1ncc2ccc(NC(=O)N3CCOCC4(CC4)C3)cc21. The Balaban J connectivity index is 1.51. The Morgan fingerprint density at radius 1 is 1.43 bits per heavy atom. The maximum absolute atomic E-state index is 12.6. The highest BCUT2D eigenvalue weighted by atomic mass is 16.5. The number of anilines is 1. The number of hydrogen-bond donors (Lipinski definition) is 1. The van der Waals surface area contributed by atoms with E-state index in [1.165, 1.54) is 12.8 Å². The molecular weight excluding hydrogens is 292 g/mol. The van der Waals surface area contributed by atoms with Gasteiger partial charge in [-0.15, -0.1) is 0 Å². The third-order valence-electron chi connectivity index (χ3n) is 4.88. The molecule has 6 nitrogen and oxygen atoms in total. The number of benzene rings is 1. The van der Waals surface area contributed by atoms with Crippen LogP contribution in [0.1, 0.15) is 19.8 Å². The summed E-state index contributed by atoms with van der Waals surface area (Å²) in [5.41, 5.74) is 2.08. The van der Waals surface area contributed by atoms with Gasteiger partial charge in [-0.1, -0.05) is 0 Å². The third kappa shape index (κ3) is 2.79. The van der Waals surface area contributed by atoms with Crippen molar-refractivity contribution in [1.82, 2.24) is 14.7 Å². The lowest BCUT2D eigenvalue weighted by Crippen LogP contribution is -2.39. The standard InChI is InChI=1S/C17H22N4O2/c1-2-21-15-9-14(4-3-13(15)10-18-21)19-16(22)20-7-8-23-12-17(11-20)5-6-17/h3-4,9-10H,2,5-8,11-12H2,1H3,(H,19,22). The molecule has 1 aliphatic carbocycles. The van der Waals surface area contributed by atoms with Gasteiger partial charge in [0.15, 0.2) is 0 Å². The summed E-state index contributed by atoms with van der Waals surface area (Å²) in [6.07, 6.45) is 4.18. The van der Waals surface area contributed by atoms with Gasteiger partial charge < -0.3 is 15.0 Å². The van der Waals surface area contributed by atoms with Crippen molar-refractivity contribution in [2.75, 3.05) is 31.6 Å². The summed E-state index contributed by atoms with van der Waals surface area (Å²) >= 11 is 0. The molecule has 0 radical (unpaired) electrons. The van der Waals surface area contributed by atoms with Crippen LogP contribution in [0.5, 0.6) is 0 Å². The molecule has 6 heteroatoms. The molecule has 1 aromatic heterocycles. The number of carbonyl (C=O) groups is 1. The highest BCUT2D eigenvalue weighted by Crippen LogP contribution is 2.47. The van der Waals surface area contributed by atoms with E-state index in [4.69, 9.17) is 4.74 Å². The topological polar surface area (TPSA) is 59.4 Å². The first kappa shape index (κ1) is 14.5. The average Bonchev–Trinajstić information content (AvgIpc) is 3.26. The third-order valence-corrected chi connectivity index (χ3v) is 4.88. The van der Waals surface area contributed by atoms with Crippen molar-refractivity contribution in [3.05, 3.63) is 24.4 Å². The molecule has 0 unspecified atom stereocenters. The average molecular weight is 314 g/mol. The minimum absolute atomic E-state index is 0.0383. The molecule has 1 aromatic carbocycles. The number of amides is 2. The van der Waals surface area contributed by atoms with E-state index < -0.39 is 0 Å². The Labute approximate surface area is 135 Å². The van der Waals surface area contributed by atoms with Gasteiger partial charge in [0.2, 0.25) is 0 Å². The van der Waals surface area contributed by atoms with Gasteiger partial charge in [0.1, 0.15) is 0 Å². The molecule has 1 spiro atoms. The molecule has 1 saturated heterocycles. The van der Waals surface area contributed by atoms with Crippen LogP contribution in [0.2, 0.25) is 0 Å². The van der Waals surface area contributed by atoms with E-state index in [0.717, 1.165) is 36.3 Å². The van der Waals surface area contributed by atoms with Crippen LogP contribution in [0.3, 0.4) is 0 Å². The highest BCUT2D eigenvalue weighted by Gasteiger charge is 2.46. The quantitative estimate of drug-likeness (QED) is 0.927. The molecular formula is C17H22N4O2. The van der Waals surface area contributed by atoms with Crippen molar-refractivity contribution < 1.29 is 9.53 Å². The van der Waals surface area contributed by atoms with Gasteiger partial charge in [-0.05, 0) is 38.0 Å². The van der Waals surface area contributed by atoms with Gasteiger partial charge in [0, 0.05) is 36.1 Å². The first-order valence-electron chi connectivity index (χ1n) is 8.28. The monoisotopic (exact) mass is 314 g/mol. The normalized spacial score (nSPS) is 19.8. The fourth-order valence-corrected chi connectivity index (χ4v) is 3.25. The second-order valence-electron chi connectivity index (χ2n) is 6.64. The molecule has 0 atom stereocenters. The molecule has 1 saturated carbocycles. The number of nitrogens with one attached hydrogen (secondary N) is 1. The number of carbonyl (C=O) groups excluding carboxylic acids is 1. The van der Waals surface area contributed by atoms with Gasteiger partial charge in [-0.25, -0.2) is 4.79 Å². The summed E-state index contributed by atoms with van der Waals surface area (Å²) in [5.74, 6) is 0. The molecule has 2 aromatic rings. The lowest BCUT2D eigenvalue weighted by Gasteiger charge is -2.23. The van der Waals surface area contributed by atoms with Crippen LogP contribution >= 0.6 is 0 Å². The molecule has 4 rings (SSSR count). The summed E-state index contributed by atoms with van der Waals surface area (Å²) in [7, 11) is 0. The maximum atomic E-state index is 12.6. The Kier molecular flexibility index (Phi) is 3.49. The maximum Gasteiger partial charge on any atom is 0.321 e. The number of hydrogen-bond acceptors (Lipinski definition) is 3. The van der Waals surface area contributed by atoms with E-state index in [0.29, 0.717) is 13.2 Å². The fourth-order valence-electron chi connectivity index (χ4n) is 3.25. The largest absolute Gasteiger partial charge is 0.379 e. The van der Waals surface area contributed by atoms with Crippen LogP contribution in [0.15, 0.2) is 24.4 Å². The number of urea groups is 1. The van der Waals surface area contributed by atoms with Gasteiger partial charge >= 0.3 is 6.03 Å². The molecule has 2 heterocycles. The number of fused-ring (bicyclic) bond motifs is 1. The summed E-state index contributed by atoms with van der Waals surface area (Å²) in [4.78, 5) is 14.5. The van der Waals surface area contributed by atoms with Gasteiger partial charge in [-0.2, -0.15) is 5.10 Å². The molecule has 1 aliphatic heterocycles. The van der Waals surface area contributed by atoms with Gasteiger partial charge in [-0.3, -0.25) is 4.68 Å². The zero-order chi connectivity index (χ0) is 15.9. The van der Waals surface area contributed by atoms with Crippen LogP contribution in [-0.4, -0.2) is 47.0 Å². The predicted molar refractivity (Wildman–Crippen MR) is 88.5 cm³/mol. The van der Waals surface area contributed by atoms with E-state index in [9.17, 15) is 4.79 Å². The first-order valence-corrected chi connectivity index (χ1v) is 8.28. The predicted octanol–water partition coefficient (Wildman–Crippen LogP) is 2.70. The number of aromatic nitrogens is 2. The summed E-state index contributed by atoms with van der Waals surface area (Å²) in [6, 6.07) is 5.88. The van der Waals surface area contributed by atoms with Crippen LogP contribution in [-0.2, 0) is 11.3 Å². The smallest absolute Gasteiger partial charge is 0.321 e. The van der Waals surface area contributed by atoms with Crippen molar-refractivity contribution in [2.45, 2.75) is 26.3 Å². The van der Waals surface area contributed by atoms with E-state index >= 15 is 0 Å². The lowest BCUT2D eigenvalue weighted by molar-refractivity contribution is 0.115. The van der Waals surface area contributed by atoms with Crippen LogP contribution in [0.25, 0.3) is 10.9 Å². The second-order valence-corrected chi connectivity index (χ2v) is 6.64. The number of rotatable bonds is 2. The minimum atomic E-state index is -0.0383. The van der Waals surface area contributed by atoms with Crippen molar-refractivity contribution in [3.63, 3.8) is 0 Å². The summed E-state index contributed by atoms with van der Waals surface area (Å²) < 4.78 is 7.58. The highest BCUT2D eigenvalue weighted by molar-refractivity contribution is 5.92. The molecule has 2 amide bonds. The Hall–Kier alpha value is -2.08. The zero-order valence-corrected chi connectivity index (χ0v) is 13.4. The van der Waals surface area contributed by atoms with Crippen LogP contribution in [0, 0.1) is 5.41 Å². The van der Waals surface area contributed by atoms with Gasteiger partial charge in [0.05, 0.1) is 24.9 Å². The van der Waals surface area contributed by atoms with E-state index in [-0.39, 0.29) is 11.4 Å². The number of ether oxygens (including phenoxy) is 1. The molecule has 1 N–H and O–H groups in total. The molecule has 2 aliphatic rings. The van der Waals surface area contributed by atoms with Crippen LogP contribution in [0.4, 0.5) is 10.5 Å². The summed E-state index contributed by atoms with van der Waals surface area (Å²) in [6.45, 7) is 5.74. The molecule has 2 fully saturated rings. The van der Waals surface area contributed by atoms with Crippen molar-refractivity contribution in [2.24, 2.45) is 5.41 Å². The molecule has 23 heavy (non-hydrogen) atoms. The minimum Gasteiger partial charge on any atom is -0.379 e. The van der Waals surface area contributed by atoms with E-state index in [1.54, 1.807) is 0 Å². The van der Waals surface area contributed by atoms with Gasteiger partial charge in [0.25, 0.3) is 0 Å². The van der Waals surface area contributed by atoms with Crippen molar-refractivity contribution in [3.8, 4) is 0 Å². The first-order chi connectivity index (χ1) is 11.2. The van der Waals surface area contributed by atoms with Crippen molar-refractivity contribution in [1.29, 1.82) is 0 Å². The van der Waals surface area contributed by atoms with Crippen molar-refractivity contribution >= 4 is 22.6 Å². The van der Waals surface area contributed by atoms with E-state index in [2.05, 4.69) is 17.3 Å².